The van der Waals surface area contributed by atoms with Crippen LogP contribution in [0.3, 0.4) is 0 Å². The second-order valence-electron chi connectivity index (χ2n) is 9.35. The highest BCUT2D eigenvalue weighted by atomic mass is 35.5. The maximum absolute atomic E-state index is 15.6. The predicted molar refractivity (Wildman–Crippen MR) is 158 cm³/mol. The van der Waals surface area contributed by atoms with E-state index in [0.717, 1.165) is 12.5 Å². The Bertz CT molecular complexity index is 1600. The molecule has 41 heavy (non-hydrogen) atoms. The smallest absolute Gasteiger partial charge is 0.247 e. The lowest BCUT2D eigenvalue weighted by atomic mass is 10.1. The summed E-state index contributed by atoms with van der Waals surface area (Å²) in [6.07, 6.45) is 4.41. The van der Waals surface area contributed by atoms with Gasteiger partial charge < -0.3 is 25.2 Å². The Morgan fingerprint density at radius 3 is 2.59 bits per heavy atom. The van der Waals surface area contributed by atoms with Gasteiger partial charge in [-0.2, -0.15) is 5.10 Å². The molecule has 1 fully saturated rings. The normalized spacial score (nSPS) is 14.0. The zero-order chi connectivity index (χ0) is 29.1. The number of amides is 2. The van der Waals surface area contributed by atoms with Crippen LogP contribution >= 0.6 is 23.2 Å². The minimum Gasteiger partial charge on any atom is -0.486 e. The third-order valence-electron chi connectivity index (χ3n) is 6.73. The average Bonchev–Trinajstić information content (AvgIpc) is 3.36. The lowest BCUT2D eigenvalue weighted by molar-refractivity contribution is -0.118. The number of rotatable bonds is 9. The number of aromatic amines is 1. The standard InChI is InChI=1S/C28H26Cl2FN7O3/c1-3-25(40)33-24-11-17(38-8-6-37(15-39)7-9-38)10-22(31)27(24)34-28-19-12-18(4-5-23(19)35-36-28)41-16(2)26-20(29)13-32-14-21(26)30/h3-5,10-16H,1,6-9H2,2H3,(H,33,40)(H2,34,35,36)/t16-/m1/s1. The van der Waals surface area contributed by atoms with Gasteiger partial charge in [-0.05, 0) is 43.3 Å². The lowest BCUT2D eigenvalue weighted by Gasteiger charge is -2.34. The van der Waals surface area contributed by atoms with Gasteiger partial charge in [-0.15, -0.1) is 0 Å². The SMILES string of the molecule is C=CC(=O)Nc1cc(N2CCN(C=O)CC2)cc(F)c1Nc1n[nH]c2ccc(O[C@H](C)c3c(Cl)cncc3Cl)cc12. The molecular formula is C28H26Cl2FN7O3. The molecule has 1 saturated heterocycles. The number of pyridine rings is 1. The maximum Gasteiger partial charge on any atom is 0.247 e. The molecule has 0 radical (unpaired) electrons. The third kappa shape index (κ3) is 6.06. The molecule has 2 aromatic heterocycles. The summed E-state index contributed by atoms with van der Waals surface area (Å²) in [7, 11) is 0. The van der Waals surface area contributed by atoms with E-state index in [4.69, 9.17) is 27.9 Å². The van der Waals surface area contributed by atoms with Gasteiger partial charge in [0.25, 0.3) is 0 Å². The number of piperazine rings is 1. The summed E-state index contributed by atoms with van der Waals surface area (Å²) in [5, 5.41) is 14.3. The Kier molecular flexibility index (Phi) is 8.27. The van der Waals surface area contributed by atoms with Crippen LogP contribution in [-0.2, 0) is 9.59 Å². The fraction of sp³-hybridized carbons (Fsp3) is 0.214. The molecule has 0 saturated carbocycles. The molecule has 1 aliphatic rings. The van der Waals surface area contributed by atoms with Gasteiger partial charge in [0, 0.05) is 55.2 Å². The number of hydrogen-bond donors (Lipinski definition) is 3. The van der Waals surface area contributed by atoms with Crippen molar-refractivity contribution in [1.82, 2.24) is 20.1 Å². The van der Waals surface area contributed by atoms with Crippen LogP contribution in [0.5, 0.6) is 5.75 Å². The Morgan fingerprint density at radius 1 is 1.17 bits per heavy atom. The predicted octanol–water partition coefficient (Wildman–Crippen LogP) is 5.69. The fourth-order valence-corrected chi connectivity index (χ4v) is 5.29. The van der Waals surface area contributed by atoms with Crippen LogP contribution in [0.4, 0.5) is 27.3 Å². The van der Waals surface area contributed by atoms with Gasteiger partial charge in [-0.3, -0.25) is 19.7 Å². The van der Waals surface area contributed by atoms with Crippen LogP contribution < -0.4 is 20.3 Å². The van der Waals surface area contributed by atoms with Crippen LogP contribution in [0.15, 0.2) is 55.4 Å². The molecule has 13 heteroatoms. The first kappa shape index (κ1) is 28.2. The lowest BCUT2D eigenvalue weighted by Crippen LogP contribution is -2.45. The van der Waals surface area contributed by atoms with Gasteiger partial charge in [0.05, 0.1) is 21.2 Å². The van der Waals surface area contributed by atoms with Crippen molar-refractivity contribution in [3.05, 3.63) is 76.8 Å². The van der Waals surface area contributed by atoms with Crippen molar-refractivity contribution < 1.29 is 18.7 Å². The molecule has 4 aromatic rings. The van der Waals surface area contributed by atoms with Crippen molar-refractivity contribution >= 4 is 69.3 Å². The summed E-state index contributed by atoms with van der Waals surface area (Å²) < 4.78 is 21.8. The van der Waals surface area contributed by atoms with E-state index < -0.39 is 17.8 Å². The fourth-order valence-electron chi connectivity index (χ4n) is 4.62. The Hall–Kier alpha value is -4.35. The minimum absolute atomic E-state index is 0.0268. The molecule has 212 valence electrons. The zero-order valence-corrected chi connectivity index (χ0v) is 23.5. The maximum atomic E-state index is 15.6. The molecule has 0 aliphatic carbocycles. The Morgan fingerprint density at radius 2 is 1.90 bits per heavy atom. The van der Waals surface area contributed by atoms with Crippen LogP contribution in [0, 0.1) is 5.82 Å². The topological polar surface area (TPSA) is 115 Å². The third-order valence-corrected chi connectivity index (χ3v) is 7.34. The molecule has 1 atom stereocenters. The summed E-state index contributed by atoms with van der Waals surface area (Å²) in [6, 6.07) is 8.36. The number of fused-ring (bicyclic) bond motifs is 1. The van der Waals surface area contributed by atoms with Gasteiger partial charge in [0.15, 0.2) is 11.6 Å². The van der Waals surface area contributed by atoms with Crippen molar-refractivity contribution in [3.8, 4) is 5.75 Å². The first-order chi connectivity index (χ1) is 19.8. The quantitative estimate of drug-likeness (QED) is 0.168. The van der Waals surface area contributed by atoms with Gasteiger partial charge >= 0.3 is 0 Å². The Labute approximate surface area is 245 Å². The number of carbonyl (C=O) groups excluding carboxylic acids is 2. The van der Waals surface area contributed by atoms with Gasteiger partial charge in [0.2, 0.25) is 12.3 Å². The van der Waals surface area contributed by atoms with Gasteiger partial charge in [-0.25, -0.2) is 4.39 Å². The van der Waals surface area contributed by atoms with Crippen molar-refractivity contribution in [3.63, 3.8) is 0 Å². The van der Waals surface area contributed by atoms with E-state index in [-0.39, 0.29) is 11.4 Å². The number of nitrogens with zero attached hydrogens (tertiary/aromatic N) is 4. The number of carbonyl (C=O) groups is 2. The second-order valence-corrected chi connectivity index (χ2v) is 10.2. The second kappa shape index (κ2) is 12.0. The summed E-state index contributed by atoms with van der Waals surface area (Å²) in [5.41, 5.74) is 2.09. The van der Waals surface area contributed by atoms with Crippen molar-refractivity contribution in [2.75, 3.05) is 41.7 Å². The van der Waals surface area contributed by atoms with E-state index in [9.17, 15) is 9.59 Å². The zero-order valence-electron chi connectivity index (χ0n) is 22.0. The molecule has 2 amide bonds. The first-order valence-corrected chi connectivity index (χ1v) is 13.4. The number of H-pyrrole nitrogens is 1. The molecule has 3 N–H and O–H groups in total. The van der Waals surface area contributed by atoms with Crippen molar-refractivity contribution in [1.29, 1.82) is 0 Å². The minimum atomic E-state index is -0.598. The van der Waals surface area contributed by atoms with Gasteiger partial charge in [0.1, 0.15) is 17.5 Å². The molecule has 0 unspecified atom stereocenters. The number of benzene rings is 2. The first-order valence-electron chi connectivity index (χ1n) is 12.7. The summed E-state index contributed by atoms with van der Waals surface area (Å²) in [6.45, 7) is 7.40. The van der Waals surface area contributed by atoms with Crippen LogP contribution in [-0.4, -0.2) is 58.6 Å². The highest BCUT2D eigenvalue weighted by molar-refractivity contribution is 6.35. The number of ether oxygens (including phenoxy) is 1. The van der Waals surface area contributed by atoms with Crippen molar-refractivity contribution in [2.45, 2.75) is 13.0 Å². The van der Waals surface area contributed by atoms with E-state index in [2.05, 4.69) is 32.4 Å². The van der Waals surface area contributed by atoms with Crippen LogP contribution in [0.25, 0.3) is 10.9 Å². The van der Waals surface area contributed by atoms with Crippen LogP contribution in [0.1, 0.15) is 18.6 Å². The van der Waals surface area contributed by atoms with E-state index in [1.165, 1.54) is 18.5 Å². The van der Waals surface area contributed by atoms with E-state index in [0.29, 0.717) is 69.9 Å². The summed E-state index contributed by atoms with van der Waals surface area (Å²) in [5.74, 6) is -0.276. The molecular weight excluding hydrogens is 572 g/mol. The highest BCUT2D eigenvalue weighted by Gasteiger charge is 2.22. The largest absolute Gasteiger partial charge is 0.486 e. The number of aromatic nitrogens is 3. The number of anilines is 4. The van der Waals surface area contributed by atoms with E-state index in [1.54, 1.807) is 29.2 Å². The summed E-state index contributed by atoms with van der Waals surface area (Å²) >= 11 is 12.6. The van der Waals surface area contributed by atoms with E-state index in [1.807, 2.05) is 11.8 Å². The average molecular weight is 598 g/mol. The van der Waals surface area contributed by atoms with Gasteiger partial charge in [-0.1, -0.05) is 29.8 Å². The molecule has 3 heterocycles. The Balaban J connectivity index is 1.45. The monoisotopic (exact) mass is 597 g/mol. The molecule has 0 spiro atoms. The number of hydrogen-bond acceptors (Lipinski definition) is 7. The summed E-state index contributed by atoms with van der Waals surface area (Å²) in [4.78, 5) is 30.9. The molecule has 10 nitrogen and oxygen atoms in total. The van der Waals surface area contributed by atoms with Crippen LogP contribution in [0.2, 0.25) is 10.0 Å². The molecule has 0 bridgehead atoms. The van der Waals surface area contributed by atoms with E-state index >= 15 is 4.39 Å². The molecule has 1 aliphatic heterocycles. The highest BCUT2D eigenvalue weighted by Crippen LogP contribution is 2.37. The number of nitrogens with one attached hydrogen (secondary N) is 3. The molecule has 5 rings (SSSR count). The van der Waals surface area contributed by atoms with Crippen molar-refractivity contribution in [2.24, 2.45) is 0 Å². The molecule has 2 aromatic carbocycles. The number of halogens is 3.